The first-order valence-electron chi connectivity index (χ1n) is 7.70. The van der Waals surface area contributed by atoms with Crippen LogP contribution >= 0.6 is 7.92 Å². The number of allylic oxidation sites excluding steroid dienone is 1. The molecule has 0 bridgehead atoms. The predicted octanol–water partition coefficient (Wildman–Crippen LogP) is 5.91. The van der Waals surface area contributed by atoms with Crippen molar-refractivity contribution < 1.29 is 24.8 Å². The summed E-state index contributed by atoms with van der Waals surface area (Å²) in [5.41, 5.74) is 1.46. The molecule has 4 atom stereocenters. The molecule has 2 rings (SSSR count). The largest absolute Gasteiger partial charge is 0.184 e. The first kappa shape index (κ1) is 27.6. The monoisotopic (exact) mass is 512 g/mol. The van der Waals surface area contributed by atoms with Crippen molar-refractivity contribution in [3.63, 3.8) is 0 Å². The fourth-order valence-corrected chi connectivity index (χ4v) is 2.34. The smallest absolute Gasteiger partial charge is 0 e. The first-order valence-corrected chi connectivity index (χ1v) is 10.4. The summed E-state index contributed by atoms with van der Waals surface area (Å²) in [6, 6.07) is 12.5. The van der Waals surface area contributed by atoms with Gasteiger partial charge in [0.15, 0.2) is 0 Å². The van der Waals surface area contributed by atoms with E-state index in [2.05, 4.69) is 67.0 Å². The van der Waals surface area contributed by atoms with Crippen LogP contribution in [0.2, 0.25) is 0 Å². The molecule has 0 heterocycles. The van der Waals surface area contributed by atoms with Gasteiger partial charge in [-0.1, -0.05) is 39.8 Å². The molecule has 1 aromatic rings. The van der Waals surface area contributed by atoms with E-state index in [4.69, 9.17) is 4.65 Å². The Morgan fingerprint density at radius 1 is 0.913 bits per heavy atom. The number of benzene rings is 1. The molecule has 1 radical (unpaired) electrons. The molecule has 23 heavy (non-hydrogen) atoms. The van der Waals surface area contributed by atoms with Crippen molar-refractivity contribution in [2.75, 3.05) is 20.0 Å². The minimum absolute atomic E-state index is 0. The van der Waals surface area contributed by atoms with E-state index in [0.29, 0.717) is 7.92 Å². The molecule has 0 spiro atoms. The quantitative estimate of drug-likeness (QED) is 0.179. The van der Waals surface area contributed by atoms with E-state index >= 15 is 0 Å². The van der Waals surface area contributed by atoms with Gasteiger partial charge in [0, 0.05) is 20.1 Å². The van der Waals surface area contributed by atoms with E-state index < -0.39 is 0 Å². The Kier molecular flexibility index (Phi) is 20.0. The molecular weight excluding hydrogens is 479 g/mol. The summed E-state index contributed by atoms with van der Waals surface area (Å²) in [7, 11) is 0.380. The van der Waals surface area contributed by atoms with Crippen LogP contribution in [0.15, 0.2) is 42.5 Å². The summed E-state index contributed by atoms with van der Waals surface area (Å²) < 4.78 is 7.50. The second kappa shape index (κ2) is 16.6. The summed E-state index contributed by atoms with van der Waals surface area (Å²) in [4.78, 5) is 0. The van der Waals surface area contributed by atoms with E-state index in [0.717, 1.165) is 23.7 Å². The SMILES string of the molecule is C=C1C(C)C(C)C(C)C1C.CP(C)C.[C-]#[O+].[Ir].[c-]1ccccc1. The Hall–Kier alpha value is -0.221. The molecule has 1 aliphatic rings. The molecule has 1 aliphatic carbocycles. The summed E-state index contributed by atoms with van der Waals surface area (Å²) in [5, 5.41) is 0. The van der Waals surface area contributed by atoms with E-state index in [-0.39, 0.29) is 20.1 Å². The maximum atomic E-state index is 7.50. The van der Waals surface area contributed by atoms with Gasteiger partial charge in [-0.05, 0) is 43.7 Å². The van der Waals surface area contributed by atoms with E-state index in [1.165, 1.54) is 5.57 Å². The third-order valence-electron chi connectivity index (χ3n) is 4.18. The molecule has 0 N–H and O–H groups in total. The molecule has 133 valence electrons. The van der Waals surface area contributed by atoms with Gasteiger partial charge in [-0.3, -0.25) is 0 Å². The molecule has 1 fully saturated rings. The zero-order valence-electron chi connectivity index (χ0n) is 15.6. The van der Waals surface area contributed by atoms with Crippen LogP contribution in [0.4, 0.5) is 0 Å². The molecule has 0 saturated heterocycles. The van der Waals surface area contributed by atoms with Crippen molar-refractivity contribution in [1.82, 2.24) is 0 Å². The standard InChI is InChI=1S/C10H18.C6H5.C3H9P.CO.Ir/c1-6-7(2)9(4)10(5)8(6)3;1-2-4-6-5-3-1;1-4(2)3;1-2;/h7-10H,1H2,2-5H3;1-5H;1-3H3;;/q;-1;;;. The summed E-state index contributed by atoms with van der Waals surface area (Å²) in [6.07, 6.45) is 0. The van der Waals surface area contributed by atoms with Gasteiger partial charge in [-0.25, -0.2) is 0 Å². The molecule has 0 aromatic heterocycles. The third-order valence-corrected chi connectivity index (χ3v) is 4.18. The Morgan fingerprint density at radius 2 is 1.22 bits per heavy atom. The summed E-state index contributed by atoms with van der Waals surface area (Å²) >= 11 is 0. The maximum absolute atomic E-state index is 7.50. The Morgan fingerprint density at radius 3 is 1.30 bits per heavy atom. The second-order valence-electron chi connectivity index (χ2n) is 6.29. The predicted molar refractivity (Wildman–Crippen MR) is 99.7 cm³/mol. The number of rotatable bonds is 0. The zero-order chi connectivity index (χ0) is 17.7. The fourth-order valence-electron chi connectivity index (χ4n) is 2.34. The van der Waals surface area contributed by atoms with Crippen molar-refractivity contribution in [2.45, 2.75) is 27.7 Å². The molecule has 0 amide bonds. The van der Waals surface area contributed by atoms with E-state index in [9.17, 15) is 0 Å². The van der Waals surface area contributed by atoms with Gasteiger partial charge in [0.1, 0.15) is 0 Å². The van der Waals surface area contributed by atoms with Crippen LogP contribution in [0, 0.1) is 36.4 Å². The summed E-state index contributed by atoms with van der Waals surface area (Å²) in [5.74, 6) is 3.15. The first-order chi connectivity index (χ1) is 10.3. The molecule has 4 unspecified atom stereocenters. The minimum Gasteiger partial charge on any atom is -0.184 e. The van der Waals surface area contributed by atoms with Gasteiger partial charge in [0.2, 0.25) is 0 Å². The molecular formula is C20H32IrOP-. The average molecular weight is 512 g/mol. The second-order valence-corrected chi connectivity index (χ2v) is 8.97. The van der Waals surface area contributed by atoms with Gasteiger partial charge >= 0.3 is 11.3 Å². The Bertz CT molecular complexity index is 357. The van der Waals surface area contributed by atoms with E-state index in [1.807, 2.05) is 30.3 Å². The van der Waals surface area contributed by atoms with Crippen LogP contribution in [0.5, 0.6) is 0 Å². The van der Waals surface area contributed by atoms with Gasteiger partial charge in [0.25, 0.3) is 0 Å². The fraction of sp³-hybridized carbons (Fsp3) is 0.550. The molecule has 1 saturated carbocycles. The van der Waals surface area contributed by atoms with Gasteiger partial charge in [0.05, 0.1) is 0 Å². The van der Waals surface area contributed by atoms with Crippen LogP contribution in [-0.2, 0) is 24.8 Å². The van der Waals surface area contributed by atoms with Crippen molar-refractivity contribution in [3.05, 3.63) is 55.2 Å². The zero-order valence-corrected chi connectivity index (χ0v) is 18.9. The third kappa shape index (κ3) is 12.8. The normalized spacial score (nSPS) is 24.7. The van der Waals surface area contributed by atoms with Crippen LogP contribution in [-0.4, -0.2) is 20.0 Å². The Balaban J connectivity index is -0.000000266. The van der Waals surface area contributed by atoms with Gasteiger partial charge < -0.3 is 0 Å². The van der Waals surface area contributed by atoms with Crippen molar-refractivity contribution in [3.8, 4) is 0 Å². The van der Waals surface area contributed by atoms with Crippen LogP contribution < -0.4 is 0 Å². The van der Waals surface area contributed by atoms with Crippen molar-refractivity contribution in [1.29, 1.82) is 0 Å². The van der Waals surface area contributed by atoms with Crippen molar-refractivity contribution in [2.24, 2.45) is 23.7 Å². The molecule has 3 heteroatoms. The van der Waals surface area contributed by atoms with E-state index in [1.54, 1.807) is 0 Å². The molecule has 0 aliphatic heterocycles. The molecule has 1 nitrogen and oxygen atoms in total. The maximum Gasteiger partial charge on any atom is 0 e. The van der Waals surface area contributed by atoms with Gasteiger partial charge in [-0.15, -0.1) is 7.92 Å². The Labute approximate surface area is 159 Å². The van der Waals surface area contributed by atoms with Crippen molar-refractivity contribution >= 4 is 7.92 Å². The number of hydrogen-bond acceptors (Lipinski definition) is 0. The number of hydrogen-bond donors (Lipinski definition) is 0. The topological polar surface area (TPSA) is 19.9 Å². The average Bonchev–Trinajstić information content (AvgIpc) is 2.69. The van der Waals surface area contributed by atoms with Crippen LogP contribution in [0.3, 0.4) is 0 Å². The summed E-state index contributed by atoms with van der Waals surface area (Å²) in [6.45, 7) is 24.6. The molecule has 1 aromatic carbocycles. The van der Waals surface area contributed by atoms with Crippen LogP contribution in [0.25, 0.3) is 0 Å². The van der Waals surface area contributed by atoms with Crippen LogP contribution in [0.1, 0.15) is 27.7 Å². The van der Waals surface area contributed by atoms with Gasteiger partial charge in [-0.2, -0.15) is 36.4 Å². The minimum atomic E-state index is 0.